The zero-order chi connectivity index (χ0) is 8.97. The van der Waals surface area contributed by atoms with Gasteiger partial charge in [0.15, 0.2) is 12.4 Å². The van der Waals surface area contributed by atoms with Crippen molar-refractivity contribution in [3.05, 3.63) is 30.1 Å². The number of aromatic nitrogens is 1. The molecule has 1 aromatic heterocycles. The van der Waals surface area contributed by atoms with Crippen LogP contribution in [0, 0.1) is 11.3 Å². The van der Waals surface area contributed by atoms with Gasteiger partial charge in [-0.1, -0.05) is 0 Å². The van der Waals surface area contributed by atoms with Gasteiger partial charge in [0.2, 0.25) is 6.54 Å². The Hall–Kier alpha value is -1.89. The molecule has 0 saturated heterocycles. The van der Waals surface area contributed by atoms with Gasteiger partial charge in [0, 0.05) is 6.07 Å². The van der Waals surface area contributed by atoms with Gasteiger partial charge in [0.1, 0.15) is 11.6 Å². The van der Waals surface area contributed by atoms with E-state index in [1.165, 1.54) is 0 Å². The molecule has 60 valence electrons. The summed E-state index contributed by atoms with van der Waals surface area (Å²) in [4.78, 5) is 10.5. The molecule has 4 heteroatoms. The Labute approximate surface area is 69.8 Å². The lowest BCUT2D eigenvalue weighted by Crippen LogP contribution is -2.40. The predicted octanol–water partition coefficient (Wildman–Crippen LogP) is -0.669. The van der Waals surface area contributed by atoms with E-state index in [0.717, 1.165) is 0 Å². The minimum Gasteiger partial charge on any atom is -0.364 e. The van der Waals surface area contributed by atoms with Crippen LogP contribution in [0.25, 0.3) is 0 Å². The number of hydrogen-bond acceptors (Lipinski definition) is 2. The van der Waals surface area contributed by atoms with Gasteiger partial charge >= 0.3 is 0 Å². The molecule has 0 fully saturated rings. The van der Waals surface area contributed by atoms with Crippen molar-refractivity contribution in [3.63, 3.8) is 0 Å². The number of rotatable bonds is 2. The van der Waals surface area contributed by atoms with Crippen LogP contribution in [0.4, 0.5) is 0 Å². The Kier molecular flexibility index (Phi) is 2.38. The van der Waals surface area contributed by atoms with E-state index in [1.54, 1.807) is 29.1 Å². The molecular weight excluding hydrogens is 154 g/mol. The van der Waals surface area contributed by atoms with E-state index < -0.39 is 5.91 Å². The van der Waals surface area contributed by atoms with Crippen molar-refractivity contribution in [2.24, 2.45) is 5.73 Å². The highest BCUT2D eigenvalue weighted by atomic mass is 16.1. The maximum absolute atomic E-state index is 10.5. The average molecular weight is 162 g/mol. The number of nitrogens with zero attached hydrogens (tertiary/aromatic N) is 2. The van der Waals surface area contributed by atoms with Crippen LogP contribution in [0.1, 0.15) is 5.56 Å². The van der Waals surface area contributed by atoms with E-state index in [0.29, 0.717) is 5.56 Å². The van der Waals surface area contributed by atoms with E-state index in [1.807, 2.05) is 6.07 Å². The number of amides is 1. The van der Waals surface area contributed by atoms with Crippen molar-refractivity contribution in [2.45, 2.75) is 6.54 Å². The molecule has 0 unspecified atom stereocenters. The Balaban J connectivity index is 2.88. The summed E-state index contributed by atoms with van der Waals surface area (Å²) in [6, 6.07) is 5.33. The summed E-state index contributed by atoms with van der Waals surface area (Å²) < 4.78 is 1.57. The number of primary amides is 1. The van der Waals surface area contributed by atoms with Crippen LogP contribution in [0.2, 0.25) is 0 Å². The summed E-state index contributed by atoms with van der Waals surface area (Å²) in [5, 5.41) is 8.52. The number of carbonyl (C=O) groups is 1. The topological polar surface area (TPSA) is 70.8 Å². The number of nitriles is 1. The number of carbonyl (C=O) groups excluding carboxylic acids is 1. The van der Waals surface area contributed by atoms with Gasteiger partial charge in [-0.05, 0) is 6.07 Å². The second-order valence-corrected chi connectivity index (χ2v) is 2.34. The molecule has 0 aliphatic carbocycles. The lowest BCUT2D eigenvalue weighted by molar-refractivity contribution is -0.684. The summed E-state index contributed by atoms with van der Waals surface area (Å²) in [5.74, 6) is -0.421. The molecule has 4 nitrogen and oxygen atoms in total. The van der Waals surface area contributed by atoms with E-state index in [-0.39, 0.29) is 6.54 Å². The van der Waals surface area contributed by atoms with Gasteiger partial charge in [0.05, 0.1) is 0 Å². The summed E-state index contributed by atoms with van der Waals surface area (Å²) >= 11 is 0. The number of pyridine rings is 1. The lowest BCUT2D eigenvalue weighted by Gasteiger charge is -1.91. The smallest absolute Gasteiger partial charge is 0.283 e. The molecule has 0 aliphatic rings. The predicted molar refractivity (Wildman–Crippen MR) is 40.5 cm³/mol. The Morgan fingerprint density at radius 1 is 1.75 bits per heavy atom. The van der Waals surface area contributed by atoms with Gasteiger partial charge in [0.25, 0.3) is 5.91 Å². The normalized spacial score (nSPS) is 8.92. The van der Waals surface area contributed by atoms with E-state index in [2.05, 4.69) is 0 Å². The largest absolute Gasteiger partial charge is 0.364 e. The highest BCUT2D eigenvalue weighted by Gasteiger charge is 2.04. The molecule has 12 heavy (non-hydrogen) atoms. The molecule has 1 aromatic rings. The van der Waals surface area contributed by atoms with Gasteiger partial charge < -0.3 is 5.73 Å². The van der Waals surface area contributed by atoms with E-state index in [9.17, 15) is 4.79 Å². The third-order valence-electron chi connectivity index (χ3n) is 1.33. The molecular formula is C8H8N3O+. The van der Waals surface area contributed by atoms with Gasteiger partial charge in [-0.25, -0.2) is 0 Å². The first-order chi connectivity index (χ1) is 5.72. The molecule has 1 heterocycles. The van der Waals surface area contributed by atoms with Crippen LogP contribution >= 0.6 is 0 Å². The van der Waals surface area contributed by atoms with Crippen molar-refractivity contribution in [2.75, 3.05) is 0 Å². The Bertz CT molecular complexity index is 340. The maximum atomic E-state index is 10.5. The quantitative estimate of drug-likeness (QED) is 0.586. The highest BCUT2D eigenvalue weighted by Crippen LogP contribution is 1.89. The van der Waals surface area contributed by atoms with E-state index >= 15 is 0 Å². The molecule has 0 aliphatic heterocycles. The summed E-state index contributed by atoms with van der Waals surface area (Å²) in [6.45, 7) is 0.107. The van der Waals surface area contributed by atoms with Gasteiger partial charge in [-0.3, -0.25) is 4.79 Å². The van der Waals surface area contributed by atoms with Crippen molar-refractivity contribution in [1.29, 1.82) is 5.26 Å². The molecule has 0 bridgehead atoms. The number of hydrogen-bond donors (Lipinski definition) is 1. The second-order valence-electron chi connectivity index (χ2n) is 2.34. The molecule has 1 amide bonds. The Morgan fingerprint density at radius 3 is 3.08 bits per heavy atom. The van der Waals surface area contributed by atoms with Crippen molar-refractivity contribution in [1.82, 2.24) is 0 Å². The van der Waals surface area contributed by atoms with Crippen LogP contribution in [-0.4, -0.2) is 5.91 Å². The SMILES string of the molecule is N#Cc1ccc[n+](CC(N)=O)c1. The van der Waals surface area contributed by atoms with Crippen LogP contribution in [0.5, 0.6) is 0 Å². The zero-order valence-corrected chi connectivity index (χ0v) is 6.40. The summed E-state index contributed by atoms with van der Waals surface area (Å²) in [6.07, 6.45) is 3.26. The molecule has 0 radical (unpaired) electrons. The van der Waals surface area contributed by atoms with Crippen molar-refractivity contribution >= 4 is 5.91 Å². The molecule has 2 N–H and O–H groups in total. The van der Waals surface area contributed by atoms with Crippen LogP contribution in [-0.2, 0) is 11.3 Å². The monoisotopic (exact) mass is 162 g/mol. The average Bonchev–Trinajstić information content (AvgIpc) is 2.03. The molecule has 0 aromatic carbocycles. The minimum atomic E-state index is -0.421. The fourth-order valence-electron chi connectivity index (χ4n) is 0.866. The molecule has 0 spiro atoms. The minimum absolute atomic E-state index is 0.107. The fourth-order valence-corrected chi connectivity index (χ4v) is 0.866. The first kappa shape index (κ1) is 8.21. The van der Waals surface area contributed by atoms with Gasteiger partial charge in [-0.2, -0.15) is 9.83 Å². The summed E-state index contributed by atoms with van der Waals surface area (Å²) in [5.41, 5.74) is 5.49. The number of nitrogens with two attached hydrogens (primary N) is 1. The van der Waals surface area contributed by atoms with Crippen molar-refractivity contribution in [3.8, 4) is 6.07 Å². The molecule has 1 rings (SSSR count). The Morgan fingerprint density at radius 2 is 2.50 bits per heavy atom. The van der Waals surface area contributed by atoms with E-state index in [4.69, 9.17) is 11.0 Å². The third-order valence-corrected chi connectivity index (χ3v) is 1.33. The molecule has 0 atom stereocenters. The van der Waals surface area contributed by atoms with Crippen LogP contribution in [0.3, 0.4) is 0 Å². The first-order valence-electron chi connectivity index (χ1n) is 3.40. The van der Waals surface area contributed by atoms with Gasteiger partial charge in [-0.15, -0.1) is 0 Å². The second kappa shape index (κ2) is 3.49. The van der Waals surface area contributed by atoms with Crippen LogP contribution < -0.4 is 10.3 Å². The summed E-state index contributed by atoms with van der Waals surface area (Å²) in [7, 11) is 0. The highest BCUT2D eigenvalue weighted by molar-refractivity contribution is 5.72. The maximum Gasteiger partial charge on any atom is 0.283 e. The molecule has 0 saturated carbocycles. The van der Waals surface area contributed by atoms with Crippen molar-refractivity contribution < 1.29 is 9.36 Å². The fraction of sp³-hybridized carbons (Fsp3) is 0.125. The zero-order valence-electron chi connectivity index (χ0n) is 6.40. The first-order valence-corrected chi connectivity index (χ1v) is 3.40. The third kappa shape index (κ3) is 2.06. The standard InChI is InChI=1S/C8H7N3O/c9-4-7-2-1-3-11(5-7)6-8(10)12/h1-3,5H,6H2,(H-,10,12)/p+1. The lowest BCUT2D eigenvalue weighted by atomic mass is 10.3. The van der Waals surface area contributed by atoms with Crippen LogP contribution in [0.15, 0.2) is 24.5 Å².